The number of likely N-dealkylation sites (tertiary alicyclic amines) is 1. The van der Waals surface area contributed by atoms with Crippen molar-refractivity contribution >= 4 is 25.8 Å². The number of halogens is 1. The molecule has 1 aliphatic heterocycles. The van der Waals surface area contributed by atoms with Crippen molar-refractivity contribution in [2.75, 3.05) is 18.8 Å². The van der Waals surface area contributed by atoms with Crippen LogP contribution in [0.5, 0.6) is 0 Å². The number of ether oxygens (including phenoxy) is 1. The lowest BCUT2D eigenvalue weighted by molar-refractivity contribution is 0.0970. The Morgan fingerprint density at radius 3 is 2.65 bits per heavy atom. The van der Waals surface area contributed by atoms with Crippen molar-refractivity contribution < 1.29 is 17.9 Å². The van der Waals surface area contributed by atoms with E-state index in [1.165, 1.54) is 0 Å². The van der Waals surface area contributed by atoms with Gasteiger partial charge in [0.1, 0.15) is 6.61 Å². The van der Waals surface area contributed by atoms with E-state index in [-0.39, 0.29) is 24.4 Å². The molecule has 0 N–H and O–H groups in total. The van der Waals surface area contributed by atoms with Gasteiger partial charge >= 0.3 is 6.09 Å². The lowest BCUT2D eigenvalue weighted by Crippen LogP contribution is -2.32. The van der Waals surface area contributed by atoms with Gasteiger partial charge in [-0.05, 0) is 37.2 Å². The van der Waals surface area contributed by atoms with Crippen LogP contribution in [-0.4, -0.2) is 38.3 Å². The molecular formula is C16H22ClNO4S. The van der Waals surface area contributed by atoms with E-state index in [2.05, 4.69) is 0 Å². The number of hydrogen-bond donors (Lipinski definition) is 0. The van der Waals surface area contributed by atoms with E-state index in [0.29, 0.717) is 19.5 Å². The highest BCUT2D eigenvalue weighted by molar-refractivity contribution is 8.13. The SMILES string of the molecule is O=C(OCc1ccccc1)N1CCCC(CCS(=O)(=O)Cl)CC1. The van der Waals surface area contributed by atoms with Crippen LogP contribution in [0.4, 0.5) is 4.79 Å². The van der Waals surface area contributed by atoms with Crippen molar-refractivity contribution in [3.8, 4) is 0 Å². The molecule has 1 saturated heterocycles. The van der Waals surface area contributed by atoms with Gasteiger partial charge in [0, 0.05) is 23.8 Å². The van der Waals surface area contributed by atoms with E-state index in [1.54, 1.807) is 4.90 Å². The number of carbonyl (C=O) groups excluding carboxylic acids is 1. The molecule has 0 saturated carbocycles. The third-order valence-corrected chi connectivity index (χ3v) is 5.27. The number of benzene rings is 1. The largest absolute Gasteiger partial charge is 0.445 e. The fourth-order valence-corrected chi connectivity index (χ4v) is 3.64. The number of amides is 1. The van der Waals surface area contributed by atoms with Gasteiger partial charge in [-0.25, -0.2) is 13.2 Å². The number of carbonyl (C=O) groups is 1. The smallest absolute Gasteiger partial charge is 0.410 e. The molecule has 1 heterocycles. The average Bonchev–Trinajstić information content (AvgIpc) is 2.77. The minimum Gasteiger partial charge on any atom is -0.445 e. The molecule has 1 unspecified atom stereocenters. The summed E-state index contributed by atoms with van der Waals surface area (Å²) in [5.41, 5.74) is 0.959. The maximum atomic E-state index is 12.1. The van der Waals surface area contributed by atoms with Crippen LogP contribution in [0.25, 0.3) is 0 Å². The third kappa shape index (κ3) is 6.79. The summed E-state index contributed by atoms with van der Waals surface area (Å²) < 4.78 is 27.4. The summed E-state index contributed by atoms with van der Waals surface area (Å²) in [5, 5.41) is 0. The van der Waals surface area contributed by atoms with Gasteiger partial charge in [0.15, 0.2) is 0 Å². The molecule has 7 heteroatoms. The Bertz CT molecular complexity index is 606. The van der Waals surface area contributed by atoms with Crippen LogP contribution in [0, 0.1) is 5.92 Å². The molecule has 23 heavy (non-hydrogen) atoms. The monoisotopic (exact) mass is 359 g/mol. The number of rotatable bonds is 5. The molecule has 0 bridgehead atoms. The molecule has 0 aliphatic carbocycles. The topological polar surface area (TPSA) is 63.7 Å². The highest BCUT2D eigenvalue weighted by atomic mass is 35.7. The van der Waals surface area contributed by atoms with Gasteiger partial charge < -0.3 is 9.64 Å². The zero-order valence-electron chi connectivity index (χ0n) is 13.0. The van der Waals surface area contributed by atoms with Crippen LogP contribution in [0.2, 0.25) is 0 Å². The highest BCUT2D eigenvalue weighted by Gasteiger charge is 2.22. The second-order valence-electron chi connectivity index (χ2n) is 5.86. The van der Waals surface area contributed by atoms with Gasteiger partial charge in [0.05, 0.1) is 5.75 Å². The van der Waals surface area contributed by atoms with E-state index in [0.717, 1.165) is 24.8 Å². The predicted molar refractivity (Wildman–Crippen MR) is 89.8 cm³/mol. The van der Waals surface area contributed by atoms with Crippen LogP contribution in [0.15, 0.2) is 30.3 Å². The summed E-state index contributed by atoms with van der Waals surface area (Å²) in [6, 6.07) is 9.56. The maximum Gasteiger partial charge on any atom is 0.410 e. The summed E-state index contributed by atoms with van der Waals surface area (Å²) in [7, 11) is 1.82. The zero-order chi connectivity index (χ0) is 16.7. The summed E-state index contributed by atoms with van der Waals surface area (Å²) >= 11 is 0. The first-order valence-electron chi connectivity index (χ1n) is 7.82. The number of nitrogens with zero attached hydrogens (tertiary/aromatic N) is 1. The second kappa shape index (κ2) is 8.55. The third-order valence-electron chi connectivity index (χ3n) is 4.08. The Morgan fingerprint density at radius 2 is 1.96 bits per heavy atom. The van der Waals surface area contributed by atoms with E-state index in [4.69, 9.17) is 15.4 Å². The average molecular weight is 360 g/mol. The standard InChI is InChI=1S/C16H22ClNO4S/c17-23(20,21)12-9-14-7-4-10-18(11-8-14)16(19)22-13-15-5-2-1-3-6-15/h1-3,5-6,14H,4,7-13H2. The summed E-state index contributed by atoms with van der Waals surface area (Å²) in [6.45, 7) is 1.52. The Balaban J connectivity index is 1.77. The van der Waals surface area contributed by atoms with Gasteiger partial charge in [0.2, 0.25) is 9.05 Å². The Hall–Kier alpha value is -1.27. The first kappa shape index (κ1) is 18.1. The molecular weight excluding hydrogens is 338 g/mol. The molecule has 1 fully saturated rings. The van der Waals surface area contributed by atoms with E-state index in [9.17, 15) is 13.2 Å². The highest BCUT2D eigenvalue weighted by Crippen LogP contribution is 2.22. The molecule has 2 rings (SSSR count). The van der Waals surface area contributed by atoms with Crippen molar-refractivity contribution in [3.05, 3.63) is 35.9 Å². The van der Waals surface area contributed by atoms with Gasteiger partial charge in [0.25, 0.3) is 0 Å². The van der Waals surface area contributed by atoms with Crippen LogP contribution in [0.1, 0.15) is 31.2 Å². The normalized spacial score (nSPS) is 19.2. The molecule has 1 amide bonds. The fraction of sp³-hybridized carbons (Fsp3) is 0.562. The molecule has 5 nitrogen and oxygen atoms in total. The first-order chi connectivity index (χ1) is 10.9. The lowest BCUT2D eigenvalue weighted by Gasteiger charge is -2.20. The molecule has 0 aromatic heterocycles. The van der Waals surface area contributed by atoms with Crippen molar-refractivity contribution in [2.45, 2.75) is 32.3 Å². The van der Waals surface area contributed by atoms with Gasteiger partial charge in [-0.15, -0.1) is 0 Å². The molecule has 1 aliphatic rings. The lowest BCUT2D eigenvalue weighted by atomic mass is 9.98. The van der Waals surface area contributed by atoms with Crippen molar-refractivity contribution in [1.82, 2.24) is 4.90 Å². The van der Waals surface area contributed by atoms with E-state index in [1.807, 2.05) is 30.3 Å². The van der Waals surface area contributed by atoms with Crippen molar-refractivity contribution in [2.24, 2.45) is 5.92 Å². The molecule has 1 aromatic carbocycles. The Labute approximate surface area is 142 Å². The molecule has 1 aromatic rings. The molecule has 128 valence electrons. The van der Waals surface area contributed by atoms with Gasteiger partial charge in [-0.1, -0.05) is 30.3 Å². The van der Waals surface area contributed by atoms with Crippen LogP contribution in [0.3, 0.4) is 0 Å². The zero-order valence-corrected chi connectivity index (χ0v) is 14.6. The van der Waals surface area contributed by atoms with Gasteiger partial charge in [-0.3, -0.25) is 0 Å². The quantitative estimate of drug-likeness (QED) is 0.756. The molecule has 1 atom stereocenters. The maximum absolute atomic E-state index is 12.1. The second-order valence-corrected chi connectivity index (χ2v) is 8.75. The minimum atomic E-state index is -3.44. The molecule has 0 radical (unpaired) electrons. The summed E-state index contributed by atoms with van der Waals surface area (Å²) in [4.78, 5) is 13.8. The summed E-state index contributed by atoms with van der Waals surface area (Å²) in [5.74, 6) is 0.285. The fourth-order valence-electron chi connectivity index (χ4n) is 2.75. The van der Waals surface area contributed by atoms with Crippen LogP contribution in [-0.2, 0) is 20.4 Å². The summed E-state index contributed by atoms with van der Waals surface area (Å²) in [6.07, 6.45) is 2.80. The Kier molecular flexibility index (Phi) is 6.72. The van der Waals surface area contributed by atoms with E-state index >= 15 is 0 Å². The van der Waals surface area contributed by atoms with Crippen LogP contribution < -0.4 is 0 Å². The Morgan fingerprint density at radius 1 is 1.22 bits per heavy atom. The molecule has 0 spiro atoms. The first-order valence-corrected chi connectivity index (χ1v) is 10.3. The van der Waals surface area contributed by atoms with Crippen LogP contribution >= 0.6 is 10.7 Å². The van der Waals surface area contributed by atoms with Gasteiger partial charge in [-0.2, -0.15) is 0 Å². The van der Waals surface area contributed by atoms with Crippen molar-refractivity contribution in [3.63, 3.8) is 0 Å². The van der Waals surface area contributed by atoms with Crippen molar-refractivity contribution in [1.29, 1.82) is 0 Å². The predicted octanol–water partition coefficient (Wildman–Crippen LogP) is 3.38. The minimum absolute atomic E-state index is 0.00231. The number of hydrogen-bond acceptors (Lipinski definition) is 4. The van der Waals surface area contributed by atoms with E-state index < -0.39 is 9.05 Å².